The molecule has 0 unspecified atom stereocenters. The summed E-state index contributed by atoms with van der Waals surface area (Å²) in [6.45, 7) is 4.07. The van der Waals surface area contributed by atoms with E-state index in [1.54, 1.807) is 18.2 Å². The summed E-state index contributed by atoms with van der Waals surface area (Å²) in [5.74, 6) is -4.36. The lowest BCUT2D eigenvalue weighted by atomic mass is 9.86. The van der Waals surface area contributed by atoms with Crippen molar-refractivity contribution in [3.8, 4) is 5.88 Å². The van der Waals surface area contributed by atoms with Gasteiger partial charge in [0, 0.05) is 36.7 Å². The molecule has 2 heterocycles. The zero-order chi connectivity index (χ0) is 29.9. The van der Waals surface area contributed by atoms with Crippen LogP contribution < -0.4 is 10.1 Å². The normalized spacial score (nSPS) is 16.8. The molecule has 0 bridgehead atoms. The van der Waals surface area contributed by atoms with Crippen LogP contribution in [0, 0.1) is 5.82 Å². The minimum absolute atomic E-state index is 0.114. The Kier molecular flexibility index (Phi) is 8.69. The average molecular weight is 570 g/mol. The summed E-state index contributed by atoms with van der Waals surface area (Å²) in [5, 5.41) is 11.4. The molecule has 1 aromatic carbocycles. The zero-order valence-corrected chi connectivity index (χ0v) is 23.1. The summed E-state index contributed by atoms with van der Waals surface area (Å²) < 4.78 is 24.9. The van der Waals surface area contributed by atoms with Gasteiger partial charge in [0.05, 0.1) is 32.1 Å². The summed E-state index contributed by atoms with van der Waals surface area (Å²) in [4.78, 5) is 67.0. The highest BCUT2D eigenvalue weighted by molar-refractivity contribution is 5.99. The van der Waals surface area contributed by atoms with E-state index in [0.717, 1.165) is 12.0 Å². The third-order valence-corrected chi connectivity index (χ3v) is 7.41. The van der Waals surface area contributed by atoms with Crippen LogP contribution in [0.5, 0.6) is 5.88 Å². The number of hydrogen-bond acceptors (Lipinski definition) is 8. The second kappa shape index (κ2) is 12.0. The van der Waals surface area contributed by atoms with Crippen LogP contribution in [0.4, 0.5) is 10.1 Å². The molecule has 11 nitrogen and oxygen atoms in total. The van der Waals surface area contributed by atoms with Crippen LogP contribution in [0.25, 0.3) is 0 Å². The molecule has 0 saturated heterocycles. The lowest BCUT2D eigenvalue weighted by molar-refractivity contribution is -0.161. The number of fused-ring (bicyclic) bond motifs is 2. The Bertz CT molecular complexity index is 1410. The number of nitrogens with one attached hydrogen (secondary N) is 1. The SMILES string of the molecule is COc1ccc2c(n1)CCN(C(=O)CCC(=O)OC(=O)CCC(=O)O)[C@H]2C(=O)Nc1cc(F)c2c(c1)CCC2(C)C. The average Bonchev–Trinajstić information content (AvgIpc) is 3.23. The number of benzene rings is 1. The van der Waals surface area contributed by atoms with E-state index >= 15 is 4.39 Å². The van der Waals surface area contributed by atoms with Crippen molar-refractivity contribution < 1.29 is 42.9 Å². The molecule has 2 N–H and O–H groups in total. The number of halogens is 1. The first-order valence-electron chi connectivity index (χ1n) is 13.3. The maximum absolute atomic E-state index is 15.1. The van der Waals surface area contributed by atoms with Crippen molar-refractivity contribution in [1.82, 2.24) is 9.88 Å². The van der Waals surface area contributed by atoms with Gasteiger partial charge in [0.15, 0.2) is 0 Å². The number of aromatic nitrogens is 1. The molecule has 1 aliphatic carbocycles. The molecular weight excluding hydrogens is 537 g/mol. The molecule has 0 radical (unpaired) electrons. The third kappa shape index (κ3) is 6.69. The summed E-state index contributed by atoms with van der Waals surface area (Å²) in [6, 6.07) is 5.13. The van der Waals surface area contributed by atoms with Crippen molar-refractivity contribution in [2.75, 3.05) is 19.0 Å². The summed E-state index contributed by atoms with van der Waals surface area (Å²) in [7, 11) is 1.47. The number of rotatable bonds is 9. The molecule has 12 heteroatoms. The number of amides is 2. The van der Waals surface area contributed by atoms with Crippen molar-refractivity contribution in [3.63, 3.8) is 0 Å². The highest BCUT2D eigenvalue weighted by atomic mass is 19.1. The standard InChI is InChI=1S/C29H32FN3O8/c1-29(2)12-10-16-14-17(15-19(30)26(16)29)31-28(39)27-18-4-5-21(40-3)32-20(18)11-13-33(27)22(34)6-8-24(37)41-25(38)9-7-23(35)36/h4-5,14-15,27H,6-13H2,1-3H3,(H,31,39)(H,35,36)/t27-/m1/s1. The van der Waals surface area contributed by atoms with Crippen molar-refractivity contribution >= 4 is 35.4 Å². The zero-order valence-electron chi connectivity index (χ0n) is 23.1. The Morgan fingerprint density at radius 2 is 1.78 bits per heavy atom. The number of carbonyl (C=O) groups is 5. The van der Waals surface area contributed by atoms with E-state index in [1.807, 2.05) is 13.8 Å². The molecule has 2 aliphatic rings. The Hall–Kier alpha value is -4.35. The second-order valence-corrected chi connectivity index (χ2v) is 10.7. The first kappa shape index (κ1) is 29.6. The topological polar surface area (TPSA) is 152 Å². The van der Waals surface area contributed by atoms with Gasteiger partial charge in [-0.1, -0.05) is 13.8 Å². The second-order valence-electron chi connectivity index (χ2n) is 10.7. The molecule has 1 atom stereocenters. The van der Waals surface area contributed by atoms with Gasteiger partial charge in [0.2, 0.25) is 11.8 Å². The Morgan fingerprint density at radius 1 is 1.07 bits per heavy atom. The van der Waals surface area contributed by atoms with E-state index in [4.69, 9.17) is 9.84 Å². The van der Waals surface area contributed by atoms with Crippen LogP contribution in [-0.2, 0) is 47.0 Å². The lowest BCUT2D eigenvalue weighted by Gasteiger charge is -2.36. The first-order chi connectivity index (χ1) is 19.4. The Labute approximate surface area is 236 Å². The smallest absolute Gasteiger partial charge is 0.314 e. The van der Waals surface area contributed by atoms with E-state index in [-0.39, 0.29) is 24.1 Å². The fourth-order valence-corrected chi connectivity index (χ4v) is 5.39. The van der Waals surface area contributed by atoms with Gasteiger partial charge in [-0.25, -0.2) is 9.37 Å². The monoisotopic (exact) mass is 569 g/mol. The van der Waals surface area contributed by atoms with Crippen LogP contribution in [-0.4, -0.2) is 58.4 Å². The summed E-state index contributed by atoms with van der Waals surface area (Å²) in [5.41, 5.74) is 2.47. The van der Waals surface area contributed by atoms with Gasteiger partial charge in [-0.05, 0) is 47.6 Å². The molecule has 218 valence electrons. The number of esters is 2. The number of methoxy groups -OCH3 is 1. The van der Waals surface area contributed by atoms with Crippen molar-refractivity contribution in [3.05, 3.63) is 52.5 Å². The van der Waals surface area contributed by atoms with Gasteiger partial charge in [-0.15, -0.1) is 0 Å². The molecule has 2 amide bonds. The molecule has 0 saturated carbocycles. The van der Waals surface area contributed by atoms with E-state index in [2.05, 4.69) is 15.0 Å². The number of hydrogen-bond donors (Lipinski definition) is 2. The highest BCUT2D eigenvalue weighted by Gasteiger charge is 2.38. The largest absolute Gasteiger partial charge is 0.481 e. The maximum atomic E-state index is 15.1. The van der Waals surface area contributed by atoms with Crippen molar-refractivity contribution in [2.45, 2.75) is 70.3 Å². The minimum Gasteiger partial charge on any atom is -0.481 e. The summed E-state index contributed by atoms with van der Waals surface area (Å²) in [6.07, 6.45) is 0.0344. The fourth-order valence-electron chi connectivity index (χ4n) is 5.39. The maximum Gasteiger partial charge on any atom is 0.314 e. The highest BCUT2D eigenvalue weighted by Crippen LogP contribution is 2.41. The molecule has 2 aromatic rings. The van der Waals surface area contributed by atoms with Crippen LogP contribution >= 0.6 is 0 Å². The molecule has 41 heavy (non-hydrogen) atoms. The number of aliphatic carboxylic acids is 1. The van der Waals surface area contributed by atoms with E-state index in [0.29, 0.717) is 35.5 Å². The minimum atomic E-state index is -1.21. The molecule has 4 rings (SSSR count). The number of anilines is 1. The van der Waals surface area contributed by atoms with Crippen LogP contribution in [0.1, 0.15) is 74.4 Å². The number of ether oxygens (including phenoxy) is 2. The van der Waals surface area contributed by atoms with Gasteiger partial charge in [0.1, 0.15) is 11.9 Å². The summed E-state index contributed by atoms with van der Waals surface area (Å²) >= 11 is 0. The van der Waals surface area contributed by atoms with Gasteiger partial charge in [0.25, 0.3) is 5.91 Å². The van der Waals surface area contributed by atoms with Gasteiger partial charge < -0.3 is 24.8 Å². The number of pyridine rings is 1. The van der Waals surface area contributed by atoms with Gasteiger partial charge >= 0.3 is 17.9 Å². The van der Waals surface area contributed by atoms with E-state index < -0.39 is 60.8 Å². The molecule has 0 spiro atoms. The lowest BCUT2D eigenvalue weighted by Crippen LogP contribution is -2.45. The number of carboxylic acid groups (broad SMARTS) is 1. The Balaban J connectivity index is 1.52. The molecule has 0 fully saturated rings. The number of carbonyl (C=O) groups excluding carboxylic acids is 4. The van der Waals surface area contributed by atoms with Crippen LogP contribution in [0.3, 0.4) is 0 Å². The molecule has 1 aliphatic heterocycles. The van der Waals surface area contributed by atoms with Gasteiger partial charge in [-0.2, -0.15) is 0 Å². The predicted molar refractivity (Wildman–Crippen MR) is 143 cm³/mol. The van der Waals surface area contributed by atoms with Crippen molar-refractivity contribution in [1.29, 1.82) is 0 Å². The van der Waals surface area contributed by atoms with Crippen LogP contribution in [0.2, 0.25) is 0 Å². The quantitative estimate of drug-likeness (QED) is 0.342. The van der Waals surface area contributed by atoms with E-state index in [1.165, 1.54) is 18.1 Å². The number of nitrogens with zero attached hydrogens (tertiary/aromatic N) is 2. The van der Waals surface area contributed by atoms with Gasteiger partial charge in [-0.3, -0.25) is 24.0 Å². The van der Waals surface area contributed by atoms with Crippen molar-refractivity contribution in [2.24, 2.45) is 0 Å². The number of aryl methyl sites for hydroxylation is 1. The Morgan fingerprint density at radius 3 is 2.46 bits per heavy atom. The first-order valence-corrected chi connectivity index (χ1v) is 13.3. The molecule has 1 aromatic heterocycles. The number of carboxylic acids is 1. The fraction of sp³-hybridized carbons (Fsp3) is 0.448. The predicted octanol–water partition coefficient (Wildman–Crippen LogP) is 3.23. The molecular formula is C29H32FN3O8. The van der Waals surface area contributed by atoms with Crippen LogP contribution in [0.15, 0.2) is 24.3 Å². The third-order valence-electron chi connectivity index (χ3n) is 7.41. The van der Waals surface area contributed by atoms with E-state index in [9.17, 15) is 24.0 Å².